The van der Waals surface area contributed by atoms with E-state index in [0.29, 0.717) is 11.9 Å². The zero-order chi connectivity index (χ0) is 10.9. The molecule has 0 aromatic carbocycles. The maximum Gasteiger partial charge on any atom is 0.228 e. The second-order valence-corrected chi connectivity index (χ2v) is 5.09. The topological polar surface area (TPSA) is 32.3 Å². The Morgan fingerprint density at radius 2 is 2.27 bits per heavy atom. The molecule has 15 heavy (non-hydrogen) atoms. The highest BCUT2D eigenvalue weighted by atomic mass is 16.2. The van der Waals surface area contributed by atoms with Gasteiger partial charge in [-0.25, -0.2) is 0 Å². The summed E-state index contributed by atoms with van der Waals surface area (Å²) < 4.78 is 0. The molecule has 0 radical (unpaired) electrons. The number of amides is 1. The van der Waals surface area contributed by atoms with Gasteiger partial charge in [0.2, 0.25) is 5.91 Å². The highest BCUT2D eigenvalue weighted by Gasteiger charge is 2.44. The first kappa shape index (κ1) is 10.9. The summed E-state index contributed by atoms with van der Waals surface area (Å²) in [6.45, 7) is 7.04. The third-order valence-corrected chi connectivity index (χ3v) is 4.10. The number of nitrogens with zero attached hydrogens (tertiary/aromatic N) is 1. The first-order valence-corrected chi connectivity index (χ1v) is 6.21. The van der Waals surface area contributed by atoms with E-state index >= 15 is 0 Å². The molecule has 1 heterocycles. The number of carbonyl (C=O) groups is 1. The first-order chi connectivity index (χ1) is 7.18. The van der Waals surface area contributed by atoms with Crippen molar-refractivity contribution >= 4 is 5.91 Å². The molecule has 2 aliphatic rings. The second kappa shape index (κ2) is 4.12. The van der Waals surface area contributed by atoms with E-state index in [1.807, 2.05) is 0 Å². The quantitative estimate of drug-likeness (QED) is 0.747. The lowest BCUT2D eigenvalue weighted by Crippen LogP contribution is -2.56. The van der Waals surface area contributed by atoms with Crippen LogP contribution in [0.25, 0.3) is 0 Å². The smallest absolute Gasteiger partial charge is 0.228 e. The number of hydrogen-bond acceptors (Lipinski definition) is 2. The minimum absolute atomic E-state index is 0.0249. The van der Waals surface area contributed by atoms with Crippen molar-refractivity contribution < 1.29 is 4.79 Å². The van der Waals surface area contributed by atoms with E-state index in [0.717, 1.165) is 38.9 Å². The highest BCUT2D eigenvalue weighted by Crippen LogP contribution is 2.45. The molecule has 0 bridgehead atoms. The van der Waals surface area contributed by atoms with Crippen molar-refractivity contribution in [3.8, 4) is 0 Å². The lowest BCUT2D eigenvalue weighted by molar-refractivity contribution is -0.149. The fourth-order valence-corrected chi connectivity index (χ4v) is 2.77. The second-order valence-electron chi connectivity index (χ2n) is 5.09. The van der Waals surface area contributed by atoms with Crippen molar-refractivity contribution in [2.75, 3.05) is 19.6 Å². The van der Waals surface area contributed by atoms with Crippen LogP contribution < -0.4 is 5.32 Å². The van der Waals surface area contributed by atoms with Crippen molar-refractivity contribution in [2.45, 2.75) is 45.6 Å². The Balaban J connectivity index is 2.00. The summed E-state index contributed by atoms with van der Waals surface area (Å²) in [4.78, 5) is 14.5. The Morgan fingerprint density at radius 1 is 1.53 bits per heavy atom. The van der Waals surface area contributed by atoms with E-state index in [1.54, 1.807) is 0 Å². The van der Waals surface area contributed by atoms with Crippen molar-refractivity contribution in [1.82, 2.24) is 10.2 Å². The van der Waals surface area contributed by atoms with E-state index in [4.69, 9.17) is 0 Å². The third kappa shape index (κ3) is 1.89. The average molecular weight is 210 g/mol. The van der Waals surface area contributed by atoms with Crippen LogP contribution in [0.1, 0.15) is 39.5 Å². The van der Waals surface area contributed by atoms with Gasteiger partial charge in [-0.1, -0.05) is 13.3 Å². The highest BCUT2D eigenvalue weighted by molar-refractivity contribution is 5.83. The summed E-state index contributed by atoms with van der Waals surface area (Å²) in [5, 5.41) is 3.38. The minimum Gasteiger partial charge on any atom is -0.339 e. The standard InChI is InChI=1S/C12H22N2O/c1-3-12(5-4-6-12)11(15)14-8-7-13-10(2)9-14/h10,13H,3-9H2,1-2H3/t10-/m1/s1. The molecule has 1 aliphatic heterocycles. The van der Waals surface area contributed by atoms with E-state index in [1.165, 1.54) is 6.42 Å². The Labute approximate surface area is 92.2 Å². The summed E-state index contributed by atoms with van der Waals surface area (Å²) in [5.74, 6) is 0.421. The molecule has 0 spiro atoms. The van der Waals surface area contributed by atoms with Gasteiger partial charge in [-0.2, -0.15) is 0 Å². The molecule has 2 fully saturated rings. The summed E-state index contributed by atoms with van der Waals surface area (Å²) in [7, 11) is 0. The van der Waals surface area contributed by atoms with Crippen LogP contribution in [-0.4, -0.2) is 36.5 Å². The van der Waals surface area contributed by atoms with Crippen LogP contribution in [0.5, 0.6) is 0 Å². The summed E-state index contributed by atoms with van der Waals surface area (Å²) in [6.07, 6.45) is 4.48. The molecule has 2 rings (SSSR count). The van der Waals surface area contributed by atoms with Gasteiger partial charge < -0.3 is 10.2 Å². The van der Waals surface area contributed by atoms with Gasteiger partial charge in [0.05, 0.1) is 0 Å². The lowest BCUT2D eigenvalue weighted by atomic mass is 9.66. The number of nitrogens with one attached hydrogen (secondary N) is 1. The monoisotopic (exact) mass is 210 g/mol. The lowest BCUT2D eigenvalue weighted by Gasteiger charge is -2.45. The first-order valence-electron chi connectivity index (χ1n) is 6.21. The van der Waals surface area contributed by atoms with Gasteiger partial charge in [0.15, 0.2) is 0 Å². The van der Waals surface area contributed by atoms with Crippen LogP contribution in [0, 0.1) is 5.41 Å². The van der Waals surface area contributed by atoms with Gasteiger partial charge in [0.1, 0.15) is 0 Å². The molecule has 1 atom stereocenters. The molecule has 86 valence electrons. The Morgan fingerprint density at radius 3 is 2.73 bits per heavy atom. The van der Waals surface area contributed by atoms with Crippen molar-refractivity contribution in [1.29, 1.82) is 0 Å². The molecule has 1 saturated heterocycles. The largest absolute Gasteiger partial charge is 0.339 e. The molecule has 0 aromatic heterocycles. The molecular weight excluding hydrogens is 188 g/mol. The van der Waals surface area contributed by atoms with Gasteiger partial charge in [0.25, 0.3) is 0 Å². The molecular formula is C12H22N2O. The molecule has 1 aliphatic carbocycles. The summed E-state index contributed by atoms with van der Waals surface area (Å²) in [6, 6.07) is 0.455. The minimum atomic E-state index is 0.0249. The zero-order valence-corrected chi connectivity index (χ0v) is 9.88. The van der Waals surface area contributed by atoms with Crippen LogP contribution in [0.3, 0.4) is 0 Å². The molecule has 0 unspecified atom stereocenters. The van der Waals surface area contributed by atoms with Crippen LogP contribution >= 0.6 is 0 Å². The molecule has 3 nitrogen and oxygen atoms in total. The number of rotatable bonds is 2. The Bertz CT molecular complexity index is 242. The van der Waals surface area contributed by atoms with Gasteiger partial charge in [0, 0.05) is 31.1 Å². The fourth-order valence-electron chi connectivity index (χ4n) is 2.77. The fraction of sp³-hybridized carbons (Fsp3) is 0.917. The van der Waals surface area contributed by atoms with Gasteiger partial charge in [-0.3, -0.25) is 4.79 Å². The van der Waals surface area contributed by atoms with Crippen molar-refractivity contribution in [3.63, 3.8) is 0 Å². The number of piperazine rings is 1. The van der Waals surface area contributed by atoms with Crippen molar-refractivity contribution in [2.24, 2.45) is 5.41 Å². The van der Waals surface area contributed by atoms with Crippen LogP contribution in [0.2, 0.25) is 0 Å². The summed E-state index contributed by atoms with van der Waals surface area (Å²) in [5.41, 5.74) is 0.0249. The molecule has 0 aromatic rings. The average Bonchev–Trinajstić information content (AvgIpc) is 2.17. The third-order valence-electron chi connectivity index (χ3n) is 4.10. The Hall–Kier alpha value is -0.570. The molecule has 1 saturated carbocycles. The van der Waals surface area contributed by atoms with Gasteiger partial charge in [-0.05, 0) is 26.2 Å². The van der Waals surface area contributed by atoms with E-state index in [-0.39, 0.29) is 5.41 Å². The van der Waals surface area contributed by atoms with Gasteiger partial charge in [-0.15, -0.1) is 0 Å². The normalized spacial score (nSPS) is 29.7. The predicted molar refractivity (Wildman–Crippen MR) is 60.6 cm³/mol. The Kier molecular flexibility index (Phi) is 3.01. The van der Waals surface area contributed by atoms with Gasteiger partial charge >= 0.3 is 0 Å². The van der Waals surface area contributed by atoms with E-state index < -0.39 is 0 Å². The molecule has 3 heteroatoms. The summed E-state index contributed by atoms with van der Waals surface area (Å²) >= 11 is 0. The van der Waals surface area contributed by atoms with Crippen LogP contribution in [0.4, 0.5) is 0 Å². The van der Waals surface area contributed by atoms with E-state index in [9.17, 15) is 4.79 Å². The van der Waals surface area contributed by atoms with Crippen LogP contribution in [-0.2, 0) is 4.79 Å². The maximum atomic E-state index is 12.4. The molecule has 1 amide bonds. The van der Waals surface area contributed by atoms with Crippen LogP contribution in [0.15, 0.2) is 0 Å². The molecule has 1 N–H and O–H groups in total. The predicted octanol–water partition coefficient (Wildman–Crippen LogP) is 1.39. The SMILES string of the molecule is CCC1(C(=O)N2CCN[C@H](C)C2)CCC1. The van der Waals surface area contributed by atoms with Crippen molar-refractivity contribution in [3.05, 3.63) is 0 Å². The number of hydrogen-bond donors (Lipinski definition) is 1. The zero-order valence-electron chi connectivity index (χ0n) is 9.88. The number of carbonyl (C=O) groups excluding carboxylic acids is 1. The maximum absolute atomic E-state index is 12.4. The van der Waals surface area contributed by atoms with E-state index in [2.05, 4.69) is 24.1 Å².